The number of allylic oxidation sites excluding steroid dienone is 4. The fourth-order valence-electron chi connectivity index (χ4n) is 5.79. The van der Waals surface area contributed by atoms with Gasteiger partial charge >= 0.3 is 12.2 Å². The number of rotatable bonds is 11. The van der Waals surface area contributed by atoms with Gasteiger partial charge in [-0.1, -0.05) is 51.0 Å². The Kier molecular flexibility index (Phi) is 16.9. The minimum atomic E-state index is -1.06. The molecule has 0 fully saturated rings. The summed E-state index contributed by atoms with van der Waals surface area (Å²) in [7, 11) is 2.91. The average molecular weight is 689 g/mol. The van der Waals surface area contributed by atoms with E-state index in [2.05, 4.69) is 16.0 Å². The lowest BCUT2D eigenvalue weighted by atomic mass is 9.85. The van der Waals surface area contributed by atoms with E-state index < -0.39 is 60.0 Å². The van der Waals surface area contributed by atoms with Gasteiger partial charge in [0.25, 0.3) is 5.91 Å². The second-order valence-electron chi connectivity index (χ2n) is 12.5. The quantitative estimate of drug-likeness (QED) is 0.105. The Balaban J connectivity index is 2.45. The zero-order valence-electron chi connectivity index (χ0n) is 29.2. The summed E-state index contributed by atoms with van der Waals surface area (Å²) in [4.78, 5) is 62.7. The number of amides is 3. The van der Waals surface area contributed by atoms with Crippen molar-refractivity contribution >= 4 is 29.7 Å². The predicted molar refractivity (Wildman–Crippen MR) is 182 cm³/mol. The summed E-state index contributed by atoms with van der Waals surface area (Å²) in [6, 6.07) is 0. The first-order valence-electron chi connectivity index (χ1n) is 16.5. The molecule has 14 heteroatoms. The van der Waals surface area contributed by atoms with Gasteiger partial charge in [0.1, 0.15) is 6.10 Å². The molecule has 0 radical (unpaired) electrons. The number of carboxylic acid groups (broad SMARTS) is 1. The summed E-state index contributed by atoms with van der Waals surface area (Å²) < 4.78 is 16.6. The number of aliphatic hydroxyl groups is 1. The normalized spacial score (nSPS) is 25.9. The largest absolute Gasteiger partial charge is 0.465 e. The molecule has 1 aliphatic heterocycles. The Labute approximate surface area is 287 Å². The average Bonchev–Trinajstić information content (AvgIpc) is 3.04. The third-order valence-corrected chi connectivity index (χ3v) is 8.48. The van der Waals surface area contributed by atoms with Crippen LogP contribution < -0.4 is 21.7 Å². The van der Waals surface area contributed by atoms with Gasteiger partial charge in [0, 0.05) is 50.4 Å². The highest BCUT2D eigenvalue weighted by molar-refractivity contribution is 6.23. The number of primary amides is 1. The molecule has 272 valence electrons. The number of ketones is 2. The van der Waals surface area contributed by atoms with E-state index in [0.717, 1.165) is 18.9 Å². The SMILES string of the molecule is CO[C@H]1C=CC=C(C)C(=O)NC2=CC(=O)C(NCCCCCCNC(=O)O)=C(C[C@@H](C)C[C@H](OC)[C@@H](O)[C@@H](C)C=C(C)[C@@H]1OC(N)=O)C2=O. The van der Waals surface area contributed by atoms with Gasteiger partial charge in [0.15, 0.2) is 6.10 Å². The van der Waals surface area contributed by atoms with Crippen LogP contribution in [-0.2, 0) is 28.6 Å². The summed E-state index contributed by atoms with van der Waals surface area (Å²) >= 11 is 0. The lowest BCUT2D eigenvalue weighted by Crippen LogP contribution is -2.38. The van der Waals surface area contributed by atoms with E-state index >= 15 is 0 Å². The Hall–Kier alpha value is -4.27. The van der Waals surface area contributed by atoms with E-state index in [-0.39, 0.29) is 34.9 Å². The number of fused-ring (bicyclic) bond motifs is 2. The highest BCUT2D eigenvalue weighted by Gasteiger charge is 2.33. The van der Waals surface area contributed by atoms with E-state index in [1.165, 1.54) is 20.3 Å². The third-order valence-electron chi connectivity index (χ3n) is 8.48. The number of nitrogens with one attached hydrogen (secondary N) is 3. The lowest BCUT2D eigenvalue weighted by molar-refractivity contribution is -0.120. The molecule has 14 nitrogen and oxygen atoms in total. The van der Waals surface area contributed by atoms with Crippen LogP contribution in [0.15, 0.2) is 58.5 Å². The molecule has 0 saturated heterocycles. The number of nitrogens with two attached hydrogens (primary N) is 1. The first-order valence-corrected chi connectivity index (χ1v) is 16.5. The van der Waals surface area contributed by atoms with Crippen molar-refractivity contribution in [2.24, 2.45) is 17.6 Å². The van der Waals surface area contributed by atoms with E-state index in [9.17, 15) is 29.1 Å². The molecule has 2 bridgehead atoms. The van der Waals surface area contributed by atoms with E-state index in [4.69, 9.17) is 25.1 Å². The van der Waals surface area contributed by atoms with Crippen LogP contribution in [0.25, 0.3) is 0 Å². The zero-order valence-corrected chi connectivity index (χ0v) is 29.2. The summed E-state index contributed by atoms with van der Waals surface area (Å²) in [5, 5.41) is 28.1. The minimum absolute atomic E-state index is 0.148. The van der Waals surface area contributed by atoms with Crippen LogP contribution in [0.5, 0.6) is 0 Å². The number of hydrogen-bond acceptors (Lipinski definition) is 10. The van der Waals surface area contributed by atoms with Crippen LogP contribution in [0.1, 0.15) is 66.2 Å². The number of unbranched alkanes of at least 4 members (excludes halogenated alkanes) is 3. The first-order chi connectivity index (χ1) is 23.2. The van der Waals surface area contributed by atoms with Gasteiger partial charge < -0.3 is 46.1 Å². The first kappa shape index (κ1) is 40.9. The van der Waals surface area contributed by atoms with Crippen molar-refractivity contribution < 1.29 is 48.4 Å². The van der Waals surface area contributed by atoms with Crippen molar-refractivity contribution in [1.82, 2.24) is 16.0 Å². The maximum Gasteiger partial charge on any atom is 0.405 e. The fourth-order valence-corrected chi connectivity index (χ4v) is 5.79. The van der Waals surface area contributed by atoms with Gasteiger partial charge in [-0.2, -0.15) is 0 Å². The molecular formula is C35H52N4O10. The minimum Gasteiger partial charge on any atom is -0.465 e. The van der Waals surface area contributed by atoms with E-state index in [1.807, 2.05) is 6.92 Å². The molecule has 1 heterocycles. The Morgan fingerprint density at radius 3 is 2.33 bits per heavy atom. The van der Waals surface area contributed by atoms with Gasteiger partial charge in [-0.05, 0) is 51.0 Å². The molecule has 6 atom stereocenters. The molecule has 2 rings (SSSR count). The van der Waals surface area contributed by atoms with Crippen molar-refractivity contribution in [2.75, 3.05) is 27.3 Å². The van der Waals surface area contributed by atoms with Gasteiger partial charge in [0.2, 0.25) is 11.6 Å². The van der Waals surface area contributed by atoms with Crippen LogP contribution in [0.3, 0.4) is 0 Å². The Bertz CT molecular complexity index is 1370. The van der Waals surface area contributed by atoms with Crippen molar-refractivity contribution in [1.29, 1.82) is 0 Å². The molecule has 0 saturated carbocycles. The smallest absolute Gasteiger partial charge is 0.405 e. The van der Waals surface area contributed by atoms with Gasteiger partial charge in [-0.15, -0.1) is 0 Å². The summed E-state index contributed by atoms with van der Waals surface area (Å²) in [6.45, 7) is 7.72. The summed E-state index contributed by atoms with van der Waals surface area (Å²) in [6.07, 6.45) is 5.46. The lowest BCUT2D eigenvalue weighted by Gasteiger charge is -2.30. The summed E-state index contributed by atoms with van der Waals surface area (Å²) in [5.41, 5.74) is 6.40. The molecule has 2 aliphatic rings. The van der Waals surface area contributed by atoms with Crippen LogP contribution >= 0.6 is 0 Å². The van der Waals surface area contributed by atoms with E-state index in [0.29, 0.717) is 37.9 Å². The van der Waals surface area contributed by atoms with Crippen molar-refractivity contribution in [3.63, 3.8) is 0 Å². The second-order valence-corrected chi connectivity index (χ2v) is 12.5. The summed E-state index contributed by atoms with van der Waals surface area (Å²) in [5.74, 6) is -2.24. The number of aliphatic hydroxyl groups excluding tert-OH is 1. The highest BCUT2D eigenvalue weighted by atomic mass is 16.6. The molecule has 0 aromatic heterocycles. The van der Waals surface area contributed by atoms with Crippen LogP contribution in [0.2, 0.25) is 0 Å². The molecule has 0 aromatic carbocycles. The van der Waals surface area contributed by atoms with Crippen LogP contribution in [0.4, 0.5) is 9.59 Å². The molecule has 3 amide bonds. The van der Waals surface area contributed by atoms with Crippen molar-refractivity contribution in [3.8, 4) is 0 Å². The molecule has 0 unspecified atom stereocenters. The maximum atomic E-state index is 13.8. The van der Waals surface area contributed by atoms with Gasteiger partial charge in [-0.25, -0.2) is 9.59 Å². The molecule has 49 heavy (non-hydrogen) atoms. The van der Waals surface area contributed by atoms with Gasteiger partial charge in [0.05, 0.1) is 23.6 Å². The topological polar surface area (TPSA) is 216 Å². The van der Waals surface area contributed by atoms with Crippen molar-refractivity contribution in [3.05, 3.63) is 58.5 Å². The van der Waals surface area contributed by atoms with Crippen molar-refractivity contribution in [2.45, 2.75) is 90.6 Å². The molecule has 0 spiro atoms. The molecule has 1 aliphatic carbocycles. The number of carbonyl (C=O) groups is 5. The van der Waals surface area contributed by atoms with Crippen LogP contribution in [-0.4, -0.2) is 91.6 Å². The number of hydrogen-bond donors (Lipinski definition) is 6. The molecule has 0 aromatic rings. The Morgan fingerprint density at radius 1 is 1.04 bits per heavy atom. The number of carbonyl (C=O) groups excluding carboxylic acids is 4. The number of Topliss-reactive ketones (excluding diaryl/α,β-unsaturated/α-hetero) is 1. The van der Waals surface area contributed by atoms with E-state index in [1.54, 1.807) is 39.0 Å². The highest BCUT2D eigenvalue weighted by Crippen LogP contribution is 2.29. The zero-order chi connectivity index (χ0) is 36.7. The van der Waals surface area contributed by atoms with Gasteiger partial charge in [-0.3, -0.25) is 14.4 Å². The number of ether oxygens (including phenoxy) is 3. The standard InChI is InChI=1S/C35H52N4O10/c1-20-16-24-29(37-14-9-7-8-10-15-38-35(45)46)26(40)19-25(31(24)42)39-33(43)21(2)12-11-13-27(47-5)32(49-34(36)44)23(4)18-22(3)30(41)28(17-20)48-6/h11-13,18-20,22,27-28,30,32,37-38,41H,7-10,14-17H2,1-6H3,(H2,36,44)(H,39,43)(H,45,46)/t20-,22+,27+,28+,30+,32+/m1/s1. The fraction of sp³-hybridized carbons (Fsp3) is 0.571. The number of methoxy groups -OCH3 is 2. The predicted octanol–water partition coefficient (Wildman–Crippen LogP) is 3.18. The third kappa shape index (κ3) is 12.9. The molecule has 7 N–H and O–H groups in total. The maximum absolute atomic E-state index is 13.8. The monoisotopic (exact) mass is 688 g/mol. The molecular weight excluding hydrogens is 636 g/mol. The second kappa shape index (κ2) is 20.3. The van der Waals surface area contributed by atoms with Crippen LogP contribution in [0, 0.1) is 11.8 Å². The Morgan fingerprint density at radius 2 is 1.71 bits per heavy atom.